The van der Waals surface area contributed by atoms with Crippen molar-refractivity contribution < 1.29 is 4.74 Å². The van der Waals surface area contributed by atoms with Crippen LogP contribution in [-0.2, 0) is 0 Å². The van der Waals surface area contributed by atoms with E-state index in [1.165, 1.54) is 5.56 Å². The predicted molar refractivity (Wildman–Crippen MR) is 75.6 cm³/mol. The van der Waals surface area contributed by atoms with Crippen LogP contribution in [-0.4, -0.2) is 12.8 Å². The Kier molecular flexibility index (Phi) is 2.30. The number of benzene rings is 2. The van der Waals surface area contributed by atoms with Gasteiger partial charge in [-0.3, -0.25) is 5.01 Å². The lowest BCUT2D eigenvalue weighted by Crippen LogP contribution is -2.31. The Morgan fingerprint density at radius 1 is 1.00 bits per heavy atom. The van der Waals surface area contributed by atoms with Gasteiger partial charge >= 0.3 is 0 Å². The third-order valence-corrected chi connectivity index (χ3v) is 3.74. The molecule has 19 heavy (non-hydrogen) atoms. The summed E-state index contributed by atoms with van der Waals surface area (Å²) in [4.78, 5) is 0. The van der Waals surface area contributed by atoms with Crippen LogP contribution < -0.4 is 9.75 Å². The van der Waals surface area contributed by atoms with E-state index >= 15 is 0 Å². The fourth-order valence-electron chi connectivity index (χ4n) is 2.84. The molecule has 4 rings (SSSR count). The van der Waals surface area contributed by atoms with Crippen molar-refractivity contribution in [3.05, 3.63) is 60.2 Å². The molecule has 94 valence electrons. The van der Waals surface area contributed by atoms with E-state index in [0.717, 1.165) is 11.4 Å². The standard InChI is InChI=1S/C16H14N2O/c1-2-6-13(7-3-1)18-16-12(10-17-18)11-19-15-9-5-4-8-14(15)16/h1-10,12,16H,11H2. The normalized spacial score (nSPS) is 23.7. The van der Waals surface area contributed by atoms with Crippen molar-refractivity contribution in [1.29, 1.82) is 0 Å². The zero-order chi connectivity index (χ0) is 12.7. The molecule has 0 saturated heterocycles. The maximum atomic E-state index is 5.80. The second kappa shape index (κ2) is 4.12. The highest BCUT2D eigenvalue weighted by atomic mass is 16.5. The number of ether oxygens (including phenoxy) is 1. The molecule has 0 amide bonds. The molecule has 3 nitrogen and oxygen atoms in total. The van der Waals surface area contributed by atoms with Crippen LogP contribution in [0.25, 0.3) is 0 Å². The fraction of sp³-hybridized carbons (Fsp3) is 0.188. The summed E-state index contributed by atoms with van der Waals surface area (Å²) in [7, 11) is 0. The Balaban J connectivity index is 1.79. The molecule has 0 aromatic heterocycles. The van der Waals surface area contributed by atoms with Gasteiger partial charge in [0.1, 0.15) is 5.75 Å². The maximum Gasteiger partial charge on any atom is 0.124 e. The van der Waals surface area contributed by atoms with E-state index in [0.29, 0.717) is 12.5 Å². The zero-order valence-electron chi connectivity index (χ0n) is 10.4. The summed E-state index contributed by atoms with van der Waals surface area (Å²) < 4.78 is 5.80. The molecular formula is C16H14N2O. The number of hydrogen-bond donors (Lipinski definition) is 0. The van der Waals surface area contributed by atoms with Gasteiger partial charge in [-0.15, -0.1) is 0 Å². The monoisotopic (exact) mass is 250 g/mol. The van der Waals surface area contributed by atoms with Crippen LogP contribution in [0.4, 0.5) is 5.69 Å². The van der Waals surface area contributed by atoms with E-state index in [1.807, 2.05) is 36.5 Å². The third-order valence-electron chi connectivity index (χ3n) is 3.74. The number of nitrogens with zero attached hydrogens (tertiary/aromatic N) is 2. The highest BCUT2D eigenvalue weighted by Gasteiger charge is 2.38. The van der Waals surface area contributed by atoms with E-state index in [2.05, 4.69) is 34.4 Å². The van der Waals surface area contributed by atoms with Crippen LogP contribution in [0.5, 0.6) is 5.75 Å². The minimum Gasteiger partial charge on any atom is -0.492 e. The van der Waals surface area contributed by atoms with Crippen LogP contribution in [0, 0.1) is 5.92 Å². The Labute approximate surface area is 112 Å². The Morgan fingerprint density at radius 2 is 1.79 bits per heavy atom. The molecule has 2 aromatic rings. The highest BCUT2D eigenvalue weighted by Crippen LogP contribution is 2.43. The van der Waals surface area contributed by atoms with Gasteiger partial charge < -0.3 is 4.74 Å². The van der Waals surface area contributed by atoms with Crippen molar-refractivity contribution in [2.45, 2.75) is 6.04 Å². The van der Waals surface area contributed by atoms with E-state index in [-0.39, 0.29) is 6.04 Å². The van der Waals surface area contributed by atoms with Crippen LogP contribution in [0.1, 0.15) is 11.6 Å². The Bertz CT molecular complexity index is 624. The first-order valence-corrected chi connectivity index (χ1v) is 6.53. The molecule has 0 spiro atoms. The molecule has 2 aliphatic heterocycles. The second-order valence-electron chi connectivity index (χ2n) is 4.90. The van der Waals surface area contributed by atoms with E-state index < -0.39 is 0 Å². The van der Waals surface area contributed by atoms with Crippen LogP contribution in [0.3, 0.4) is 0 Å². The minimum absolute atomic E-state index is 0.257. The van der Waals surface area contributed by atoms with Crippen molar-refractivity contribution in [3.63, 3.8) is 0 Å². The van der Waals surface area contributed by atoms with Crippen LogP contribution in [0.15, 0.2) is 59.7 Å². The van der Waals surface area contributed by atoms with Crippen LogP contribution in [0.2, 0.25) is 0 Å². The second-order valence-corrected chi connectivity index (χ2v) is 4.90. The first-order valence-electron chi connectivity index (χ1n) is 6.53. The molecular weight excluding hydrogens is 236 g/mol. The van der Waals surface area contributed by atoms with Crippen molar-refractivity contribution >= 4 is 11.9 Å². The number of hydrogen-bond acceptors (Lipinski definition) is 3. The van der Waals surface area contributed by atoms with Gasteiger partial charge in [-0.1, -0.05) is 36.4 Å². The Morgan fingerprint density at radius 3 is 2.68 bits per heavy atom. The largest absolute Gasteiger partial charge is 0.492 e. The average molecular weight is 250 g/mol. The summed E-state index contributed by atoms with van der Waals surface area (Å²) >= 11 is 0. The fourth-order valence-corrected chi connectivity index (χ4v) is 2.84. The lowest BCUT2D eigenvalue weighted by atomic mass is 9.92. The quantitative estimate of drug-likeness (QED) is 0.776. The number of hydrazone groups is 1. The summed E-state index contributed by atoms with van der Waals surface area (Å²) in [5.41, 5.74) is 2.35. The molecule has 2 unspecified atom stereocenters. The van der Waals surface area contributed by atoms with Gasteiger partial charge in [-0.2, -0.15) is 5.10 Å². The first kappa shape index (κ1) is 10.6. The van der Waals surface area contributed by atoms with Crippen molar-refractivity contribution in [1.82, 2.24) is 0 Å². The molecule has 2 aliphatic rings. The number of fused-ring (bicyclic) bond motifs is 3. The molecule has 0 fully saturated rings. The van der Waals surface area contributed by atoms with Gasteiger partial charge in [-0.25, -0.2) is 0 Å². The van der Waals surface area contributed by atoms with E-state index in [4.69, 9.17) is 4.74 Å². The van der Waals surface area contributed by atoms with Gasteiger partial charge in [-0.05, 0) is 18.2 Å². The topological polar surface area (TPSA) is 24.8 Å². The molecule has 2 heterocycles. The van der Waals surface area contributed by atoms with Gasteiger partial charge in [0.25, 0.3) is 0 Å². The van der Waals surface area contributed by atoms with Gasteiger partial charge in [0.2, 0.25) is 0 Å². The molecule has 2 aromatic carbocycles. The molecule has 2 atom stereocenters. The van der Waals surface area contributed by atoms with Gasteiger partial charge in [0.15, 0.2) is 0 Å². The first-order chi connectivity index (χ1) is 9.43. The smallest absolute Gasteiger partial charge is 0.124 e. The SMILES string of the molecule is C1=NN(c2ccccc2)C2c3ccccc3OCC12. The van der Waals surface area contributed by atoms with Crippen molar-refractivity contribution in [2.75, 3.05) is 11.6 Å². The summed E-state index contributed by atoms with van der Waals surface area (Å²) in [6.45, 7) is 0.703. The lowest BCUT2D eigenvalue weighted by Gasteiger charge is -2.33. The summed E-state index contributed by atoms with van der Waals surface area (Å²) in [6, 6.07) is 18.8. The highest BCUT2D eigenvalue weighted by molar-refractivity contribution is 5.72. The number of rotatable bonds is 1. The summed E-state index contributed by atoms with van der Waals surface area (Å²) in [5, 5.41) is 6.68. The van der Waals surface area contributed by atoms with E-state index in [1.54, 1.807) is 0 Å². The zero-order valence-corrected chi connectivity index (χ0v) is 10.4. The lowest BCUT2D eigenvalue weighted by molar-refractivity contribution is 0.241. The molecule has 3 heteroatoms. The molecule has 0 aliphatic carbocycles. The predicted octanol–water partition coefficient (Wildman–Crippen LogP) is 3.24. The van der Waals surface area contributed by atoms with Crippen molar-refractivity contribution in [3.8, 4) is 5.75 Å². The third kappa shape index (κ3) is 1.62. The number of para-hydroxylation sites is 2. The number of anilines is 1. The molecule has 0 saturated carbocycles. The minimum atomic E-state index is 0.257. The molecule has 0 N–H and O–H groups in total. The molecule has 0 radical (unpaired) electrons. The maximum absolute atomic E-state index is 5.80. The summed E-state index contributed by atoms with van der Waals surface area (Å²) in [5.74, 6) is 1.31. The van der Waals surface area contributed by atoms with Gasteiger partial charge in [0.05, 0.1) is 24.3 Å². The van der Waals surface area contributed by atoms with Crippen LogP contribution >= 0.6 is 0 Å². The van der Waals surface area contributed by atoms with E-state index in [9.17, 15) is 0 Å². The molecule has 0 bridgehead atoms. The van der Waals surface area contributed by atoms with Gasteiger partial charge in [0, 0.05) is 11.8 Å². The average Bonchev–Trinajstić information content (AvgIpc) is 2.92. The van der Waals surface area contributed by atoms with Crippen molar-refractivity contribution in [2.24, 2.45) is 11.0 Å². The Hall–Kier alpha value is -2.29. The summed E-state index contributed by atoms with van der Waals surface area (Å²) in [6.07, 6.45) is 2.01.